The number of rotatable bonds is 1. The smallest absolute Gasteiger partial charge is 0.232 e. The summed E-state index contributed by atoms with van der Waals surface area (Å²) in [5, 5.41) is 1.82. The van der Waals surface area contributed by atoms with E-state index in [4.69, 9.17) is 0 Å². The molecule has 0 aliphatic rings. The van der Waals surface area contributed by atoms with Crippen LogP contribution in [0.25, 0.3) is 11.1 Å². The highest BCUT2D eigenvalue weighted by molar-refractivity contribution is 7.07. The highest BCUT2D eigenvalue weighted by atomic mass is 32.1. The summed E-state index contributed by atoms with van der Waals surface area (Å²) in [6.45, 7) is 0. The van der Waals surface area contributed by atoms with Crippen LogP contribution in [0.15, 0.2) is 52.6 Å². The Kier molecular flexibility index (Phi) is 2.23. The molecule has 0 amide bonds. The van der Waals surface area contributed by atoms with Crippen molar-refractivity contribution in [3.05, 3.63) is 57.4 Å². The number of hydrogen-bond acceptors (Lipinski definition) is 2. The van der Waals surface area contributed by atoms with Crippen molar-refractivity contribution in [1.82, 2.24) is 0 Å². The molecule has 1 aromatic carbocycles. The SMILES string of the molecule is O=c1cc(-c2ccccc2)ccs1. The number of hydrogen-bond donors (Lipinski definition) is 0. The summed E-state index contributed by atoms with van der Waals surface area (Å²) in [4.78, 5) is 11.1. The molecule has 0 N–H and O–H groups in total. The van der Waals surface area contributed by atoms with Crippen molar-refractivity contribution in [2.24, 2.45) is 0 Å². The molecule has 0 aliphatic carbocycles. The summed E-state index contributed by atoms with van der Waals surface area (Å²) in [7, 11) is 0. The molecule has 0 saturated carbocycles. The first-order chi connectivity index (χ1) is 6.36. The van der Waals surface area contributed by atoms with Crippen LogP contribution in [0, 0.1) is 0 Å². The molecule has 0 saturated heterocycles. The second kappa shape index (κ2) is 3.54. The van der Waals surface area contributed by atoms with Crippen molar-refractivity contribution in [2.75, 3.05) is 0 Å². The molecule has 13 heavy (non-hydrogen) atoms. The topological polar surface area (TPSA) is 17.1 Å². The zero-order valence-electron chi connectivity index (χ0n) is 6.94. The van der Waals surface area contributed by atoms with Crippen LogP contribution in [0.2, 0.25) is 0 Å². The summed E-state index contributed by atoms with van der Waals surface area (Å²) >= 11 is 1.22. The van der Waals surface area contributed by atoms with Gasteiger partial charge in [0, 0.05) is 6.07 Å². The van der Waals surface area contributed by atoms with Crippen LogP contribution in [0.1, 0.15) is 0 Å². The lowest BCUT2D eigenvalue weighted by molar-refractivity contribution is 1.64. The molecule has 0 fully saturated rings. The second-order valence-electron chi connectivity index (χ2n) is 2.71. The number of benzene rings is 1. The first-order valence-corrected chi connectivity index (χ1v) is 4.88. The van der Waals surface area contributed by atoms with E-state index < -0.39 is 0 Å². The lowest BCUT2D eigenvalue weighted by atomic mass is 10.1. The summed E-state index contributed by atoms with van der Waals surface area (Å²) in [5.74, 6) is 0. The molecular weight excluding hydrogens is 180 g/mol. The fourth-order valence-corrected chi connectivity index (χ4v) is 1.74. The van der Waals surface area contributed by atoms with E-state index in [-0.39, 0.29) is 4.74 Å². The average molecular weight is 188 g/mol. The van der Waals surface area contributed by atoms with Gasteiger partial charge in [0.15, 0.2) is 0 Å². The third-order valence-electron chi connectivity index (χ3n) is 1.81. The lowest BCUT2D eigenvalue weighted by Crippen LogP contribution is -1.90. The molecule has 2 aromatic rings. The Morgan fingerprint density at radius 1 is 0.923 bits per heavy atom. The lowest BCUT2D eigenvalue weighted by Gasteiger charge is -1.97. The van der Waals surface area contributed by atoms with Gasteiger partial charge >= 0.3 is 0 Å². The van der Waals surface area contributed by atoms with Crippen molar-refractivity contribution in [3.8, 4) is 11.1 Å². The molecule has 0 aliphatic heterocycles. The van der Waals surface area contributed by atoms with E-state index >= 15 is 0 Å². The fraction of sp³-hybridized carbons (Fsp3) is 0. The monoisotopic (exact) mass is 188 g/mol. The van der Waals surface area contributed by atoms with Crippen LogP contribution in [0.3, 0.4) is 0 Å². The minimum absolute atomic E-state index is 0.0985. The predicted octanol–water partition coefficient (Wildman–Crippen LogP) is 2.78. The average Bonchev–Trinajstić information content (AvgIpc) is 2.19. The maximum atomic E-state index is 11.1. The van der Waals surface area contributed by atoms with Gasteiger partial charge in [0.2, 0.25) is 4.74 Å². The standard InChI is InChI=1S/C11H8OS/c12-11-8-10(6-7-13-11)9-4-2-1-3-5-9/h1-8H. The van der Waals surface area contributed by atoms with E-state index in [1.807, 2.05) is 41.8 Å². The Morgan fingerprint density at radius 3 is 2.38 bits per heavy atom. The minimum atomic E-state index is 0.0985. The third-order valence-corrected chi connectivity index (χ3v) is 2.43. The molecule has 0 unspecified atom stereocenters. The van der Waals surface area contributed by atoms with Gasteiger partial charge in [-0.15, -0.1) is 11.3 Å². The van der Waals surface area contributed by atoms with Crippen LogP contribution >= 0.6 is 11.3 Å². The first kappa shape index (κ1) is 8.20. The molecule has 64 valence electrons. The van der Waals surface area contributed by atoms with Crippen molar-refractivity contribution in [1.29, 1.82) is 0 Å². The van der Waals surface area contributed by atoms with E-state index in [1.165, 1.54) is 11.3 Å². The molecule has 0 spiro atoms. The highest BCUT2D eigenvalue weighted by Gasteiger charge is 1.95. The fourth-order valence-electron chi connectivity index (χ4n) is 1.19. The summed E-state index contributed by atoms with van der Waals surface area (Å²) in [5.41, 5.74) is 2.08. The molecular formula is C11H8OS. The molecule has 0 bridgehead atoms. The Morgan fingerprint density at radius 2 is 1.69 bits per heavy atom. The van der Waals surface area contributed by atoms with Crippen LogP contribution < -0.4 is 4.74 Å². The van der Waals surface area contributed by atoms with Crippen molar-refractivity contribution in [3.63, 3.8) is 0 Å². The van der Waals surface area contributed by atoms with E-state index in [1.54, 1.807) is 6.07 Å². The maximum absolute atomic E-state index is 11.1. The third kappa shape index (κ3) is 1.84. The van der Waals surface area contributed by atoms with Gasteiger partial charge in [0.25, 0.3) is 0 Å². The maximum Gasteiger partial charge on any atom is 0.232 e. The predicted molar refractivity (Wildman–Crippen MR) is 56.0 cm³/mol. The van der Waals surface area contributed by atoms with E-state index in [0.717, 1.165) is 11.1 Å². The van der Waals surface area contributed by atoms with Gasteiger partial charge in [-0.3, -0.25) is 4.79 Å². The van der Waals surface area contributed by atoms with Gasteiger partial charge in [0.1, 0.15) is 0 Å². The minimum Gasteiger partial charge on any atom is -0.278 e. The zero-order valence-corrected chi connectivity index (χ0v) is 7.75. The van der Waals surface area contributed by atoms with Crippen LogP contribution in [-0.4, -0.2) is 0 Å². The largest absolute Gasteiger partial charge is 0.278 e. The van der Waals surface area contributed by atoms with Crippen LogP contribution in [0.4, 0.5) is 0 Å². The van der Waals surface area contributed by atoms with Gasteiger partial charge in [-0.05, 0) is 22.6 Å². The van der Waals surface area contributed by atoms with Crippen molar-refractivity contribution < 1.29 is 0 Å². The molecule has 1 aromatic heterocycles. The van der Waals surface area contributed by atoms with Gasteiger partial charge in [0.05, 0.1) is 0 Å². The summed E-state index contributed by atoms with van der Waals surface area (Å²) in [6, 6.07) is 13.5. The first-order valence-electron chi connectivity index (χ1n) is 4.00. The van der Waals surface area contributed by atoms with E-state index in [2.05, 4.69) is 0 Å². The van der Waals surface area contributed by atoms with E-state index in [0.29, 0.717) is 0 Å². The molecule has 1 heterocycles. The second-order valence-corrected chi connectivity index (χ2v) is 3.62. The summed E-state index contributed by atoms with van der Waals surface area (Å²) < 4.78 is 0.0985. The van der Waals surface area contributed by atoms with Crippen molar-refractivity contribution in [2.45, 2.75) is 0 Å². The quantitative estimate of drug-likeness (QED) is 0.672. The Hall–Kier alpha value is -1.41. The van der Waals surface area contributed by atoms with Crippen LogP contribution in [0.5, 0.6) is 0 Å². The summed E-state index contributed by atoms with van der Waals surface area (Å²) in [6.07, 6.45) is 0. The Labute approximate surface area is 80.3 Å². The Balaban J connectivity index is 2.54. The Bertz CT molecular complexity index is 445. The molecule has 2 heteroatoms. The zero-order chi connectivity index (χ0) is 9.10. The molecule has 2 rings (SSSR count). The highest BCUT2D eigenvalue weighted by Crippen LogP contribution is 2.16. The molecule has 0 atom stereocenters. The molecule has 0 radical (unpaired) electrons. The molecule has 1 nitrogen and oxygen atoms in total. The van der Waals surface area contributed by atoms with Gasteiger partial charge in [-0.25, -0.2) is 0 Å². The normalized spacial score (nSPS) is 9.85. The van der Waals surface area contributed by atoms with Crippen molar-refractivity contribution >= 4 is 11.3 Å². The van der Waals surface area contributed by atoms with Crippen LogP contribution in [-0.2, 0) is 0 Å². The van der Waals surface area contributed by atoms with Gasteiger partial charge in [-0.2, -0.15) is 0 Å². The van der Waals surface area contributed by atoms with E-state index in [9.17, 15) is 4.79 Å². The van der Waals surface area contributed by atoms with Gasteiger partial charge < -0.3 is 0 Å². The van der Waals surface area contributed by atoms with Gasteiger partial charge in [-0.1, -0.05) is 30.3 Å².